The minimum atomic E-state index is 0.640. The summed E-state index contributed by atoms with van der Waals surface area (Å²) < 4.78 is 0. The fourth-order valence-electron chi connectivity index (χ4n) is 2.33. The van der Waals surface area contributed by atoms with Crippen LogP contribution in [-0.2, 0) is 0 Å². The van der Waals surface area contributed by atoms with Crippen molar-refractivity contribution in [2.24, 2.45) is 0 Å². The molecule has 0 aromatic carbocycles. The second-order valence-electron chi connectivity index (χ2n) is 3.92. The molecule has 1 unspecified atom stereocenters. The van der Waals surface area contributed by atoms with Crippen LogP contribution in [0.25, 0.3) is 0 Å². The van der Waals surface area contributed by atoms with E-state index in [4.69, 9.17) is 0 Å². The second-order valence-corrected chi connectivity index (χ2v) is 3.92. The van der Waals surface area contributed by atoms with Crippen LogP contribution in [-0.4, -0.2) is 11.6 Å². The SMILES string of the molecule is CCC1CCC2(CCC2)N1. The highest BCUT2D eigenvalue weighted by Gasteiger charge is 2.42. The van der Waals surface area contributed by atoms with Crippen molar-refractivity contribution in [3.05, 3.63) is 0 Å². The van der Waals surface area contributed by atoms with Crippen molar-refractivity contribution >= 4 is 0 Å². The Morgan fingerprint density at radius 3 is 2.50 bits per heavy atom. The van der Waals surface area contributed by atoms with E-state index in [0.717, 1.165) is 6.04 Å². The maximum atomic E-state index is 3.75. The summed E-state index contributed by atoms with van der Waals surface area (Å²) in [5.41, 5.74) is 0.640. The fourth-order valence-corrected chi connectivity index (χ4v) is 2.33. The van der Waals surface area contributed by atoms with Gasteiger partial charge in [-0.2, -0.15) is 0 Å². The van der Waals surface area contributed by atoms with Gasteiger partial charge in [-0.3, -0.25) is 0 Å². The van der Waals surface area contributed by atoms with Gasteiger partial charge < -0.3 is 5.32 Å². The third kappa shape index (κ3) is 0.878. The van der Waals surface area contributed by atoms with Crippen LogP contribution in [0.1, 0.15) is 45.4 Å². The van der Waals surface area contributed by atoms with Gasteiger partial charge in [-0.25, -0.2) is 0 Å². The molecule has 1 heteroatoms. The van der Waals surface area contributed by atoms with E-state index in [2.05, 4.69) is 12.2 Å². The highest BCUT2D eigenvalue weighted by molar-refractivity contribution is 5.02. The minimum absolute atomic E-state index is 0.640. The monoisotopic (exact) mass is 139 g/mol. The highest BCUT2D eigenvalue weighted by Crippen LogP contribution is 2.41. The maximum absolute atomic E-state index is 3.75. The summed E-state index contributed by atoms with van der Waals surface area (Å²) in [5.74, 6) is 0. The first kappa shape index (κ1) is 6.66. The van der Waals surface area contributed by atoms with Crippen LogP contribution >= 0.6 is 0 Å². The molecule has 1 aliphatic carbocycles. The molecule has 0 amide bonds. The fraction of sp³-hybridized carbons (Fsp3) is 1.00. The molecule has 1 N–H and O–H groups in total. The number of hydrogen-bond acceptors (Lipinski definition) is 1. The summed E-state index contributed by atoms with van der Waals surface area (Å²) in [6.45, 7) is 2.29. The van der Waals surface area contributed by atoms with Gasteiger partial charge in [0, 0.05) is 11.6 Å². The molecule has 1 aliphatic heterocycles. The summed E-state index contributed by atoms with van der Waals surface area (Å²) in [7, 11) is 0. The van der Waals surface area contributed by atoms with Crippen molar-refractivity contribution in [1.82, 2.24) is 5.32 Å². The Bertz CT molecular complexity index is 127. The molecule has 1 nitrogen and oxygen atoms in total. The van der Waals surface area contributed by atoms with Gasteiger partial charge in [-0.05, 0) is 38.5 Å². The zero-order chi connectivity index (χ0) is 7.03. The molecule has 1 saturated heterocycles. The lowest BCUT2D eigenvalue weighted by atomic mass is 9.76. The lowest BCUT2D eigenvalue weighted by molar-refractivity contribution is 0.207. The van der Waals surface area contributed by atoms with Crippen molar-refractivity contribution in [1.29, 1.82) is 0 Å². The molecular weight excluding hydrogens is 122 g/mol. The molecule has 2 fully saturated rings. The van der Waals surface area contributed by atoms with Crippen LogP contribution in [0.4, 0.5) is 0 Å². The van der Waals surface area contributed by atoms with E-state index in [1.54, 1.807) is 0 Å². The van der Waals surface area contributed by atoms with E-state index in [0.29, 0.717) is 5.54 Å². The van der Waals surface area contributed by atoms with E-state index in [9.17, 15) is 0 Å². The van der Waals surface area contributed by atoms with Gasteiger partial charge in [0.05, 0.1) is 0 Å². The molecule has 58 valence electrons. The molecule has 0 aromatic heterocycles. The third-order valence-corrected chi connectivity index (χ3v) is 3.29. The van der Waals surface area contributed by atoms with Crippen molar-refractivity contribution in [3.63, 3.8) is 0 Å². The number of hydrogen-bond donors (Lipinski definition) is 1. The molecule has 1 spiro atoms. The van der Waals surface area contributed by atoms with Gasteiger partial charge in [-0.15, -0.1) is 0 Å². The van der Waals surface area contributed by atoms with Gasteiger partial charge in [0.1, 0.15) is 0 Å². The van der Waals surface area contributed by atoms with E-state index >= 15 is 0 Å². The van der Waals surface area contributed by atoms with Gasteiger partial charge in [-0.1, -0.05) is 6.92 Å². The predicted molar refractivity (Wildman–Crippen MR) is 43.0 cm³/mol. The predicted octanol–water partition coefficient (Wildman–Crippen LogP) is 2.07. The van der Waals surface area contributed by atoms with Crippen molar-refractivity contribution in [2.45, 2.75) is 57.0 Å². The van der Waals surface area contributed by atoms with Gasteiger partial charge >= 0.3 is 0 Å². The Hall–Kier alpha value is -0.0400. The molecule has 10 heavy (non-hydrogen) atoms. The average molecular weight is 139 g/mol. The molecule has 0 radical (unpaired) electrons. The third-order valence-electron chi connectivity index (χ3n) is 3.29. The van der Waals surface area contributed by atoms with Crippen LogP contribution in [0.3, 0.4) is 0 Å². The number of nitrogens with one attached hydrogen (secondary N) is 1. The standard InChI is InChI=1S/C9H17N/c1-2-8-4-7-9(10-8)5-3-6-9/h8,10H,2-7H2,1H3. The van der Waals surface area contributed by atoms with Crippen molar-refractivity contribution in [3.8, 4) is 0 Å². The van der Waals surface area contributed by atoms with E-state index in [-0.39, 0.29) is 0 Å². The summed E-state index contributed by atoms with van der Waals surface area (Å²) in [6.07, 6.45) is 8.56. The molecule has 0 bridgehead atoms. The minimum Gasteiger partial charge on any atom is -0.309 e. The Morgan fingerprint density at radius 1 is 1.40 bits per heavy atom. The first-order chi connectivity index (χ1) is 4.85. The lowest BCUT2D eigenvalue weighted by Gasteiger charge is -2.39. The zero-order valence-corrected chi connectivity index (χ0v) is 6.82. The molecule has 2 aliphatic rings. The molecule has 2 rings (SSSR count). The molecule has 0 aromatic rings. The van der Waals surface area contributed by atoms with Gasteiger partial charge in [0.25, 0.3) is 0 Å². The van der Waals surface area contributed by atoms with Crippen LogP contribution in [0.5, 0.6) is 0 Å². The van der Waals surface area contributed by atoms with Crippen LogP contribution in [0.15, 0.2) is 0 Å². The normalized spacial score (nSPS) is 36.3. The molecule has 1 heterocycles. The summed E-state index contributed by atoms with van der Waals surface area (Å²) in [4.78, 5) is 0. The van der Waals surface area contributed by atoms with Gasteiger partial charge in [0.2, 0.25) is 0 Å². The summed E-state index contributed by atoms with van der Waals surface area (Å²) >= 11 is 0. The second kappa shape index (κ2) is 2.23. The average Bonchev–Trinajstić information content (AvgIpc) is 2.29. The lowest BCUT2D eigenvalue weighted by Crippen LogP contribution is -2.48. The molecule has 1 atom stereocenters. The number of rotatable bonds is 1. The summed E-state index contributed by atoms with van der Waals surface area (Å²) in [6, 6.07) is 0.847. The smallest absolute Gasteiger partial charge is 0.0184 e. The summed E-state index contributed by atoms with van der Waals surface area (Å²) in [5, 5.41) is 3.75. The Labute approximate surface area is 63.2 Å². The van der Waals surface area contributed by atoms with Gasteiger partial charge in [0.15, 0.2) is 0 Å². The van der Waals surface area contributed by atoms with E-state index in [1.807, 2.05) is 0 Å². The first-order valence-electron chi connectivity index (χ1n) is 4.62. The maximum Gasteiger partial charge on any atom is 0.0184 e. The molecular formula is C9H17N. The van der Waals surface area contributed by atoms with Crippen LogP contribution < -0.4 is 5.32 Å². The quantitative estimate of drug-likeness (QED) is 0.586. The largest absolute Gasteiger partial charge is 0.309 e. The van der Waals surface area contributed by atoms with Crippen LogP contribution in [0.2, 0.25) is 0 Å². The van der Waals surface area contributed by atoms with Crippen LogP contribution in [0, 0.1) is 0 Å². The van der Waals surface area contributed by atoms with Crippen molar-refractivity contribution < 1.29 is 0 Å². The topological polar surface area (TPSA) is 12.0 Å². The molecule has 1 saturated carbocycles. The zero-order valence-electron chi connectivity index (χ0n) is 6.82. The Morgan fingerprint density at radius 2 is 2.20 bits per heavy atom. The Kier molecular flexibility index (Phi) is 1.48. The highest BCUT2D eigenvalue weighted by atomic mass is 15.1. The first-order valence-corrected chi connectivity index (χ1v) is 4.62. The van der Waals surface area contributed by atoms with E-state index in [1.165, 1.54) is 38.5 Å². The van der Waals surface area contributed by atoms with Crippen molar-refractivity contribution in [2.75, 3.05) is 0 Å². The Balaban J connectivity index is 1.92. The van der Waals surface area contributed by atoms with E-state index < -0.39 is 0 Å².